The van der Waals surface area contributed by atoms with Crippen molar-refractivity contribution < 1.29 is 27.9 Å². The summed E-state index contributed by atoms with van der Waals surface area (Å²) >= 11 is 0. The Balaban J connectivity index is 2.31. The molecule has 92 valence electrons. The summed E-state index contributed by atoms with van der Waals surface area (Å²) in [6.45, 7) is 0.303. The quantitative estimate of drug-likeness (QED) is 0.745. The van der Waals surface area contributed by atoms with Crippen LogP contribution in [0, 0.1) is 5.92 Å². The zero-order chi connectivity index (χ0) is 12.3. The number of carbonyl (C=O) groups excluding carboxylic acids is 1. The topological polar surface area (TPSA) is 69.6 Å². The average molecular weight is 240 g/mol. The van der Waals surface area contributed by atoms with E-state index in [1.807, 2.05) is 0 Å². The fourth-order valence-corrected chi connectivity index (χ4v) is 1.51. The van der Waals surface area contributed by atoms with Crippen molar-refractivity contribution in [3.05, 3.63) is 0 Å². The van der Waals surface area contributed by atoms with E-state index >= 15 is 0 Å². The maximum atomic E-state index is 11.8. The number of amides is 2. The Hall–Kier alpha value is -1.47. The van der Waals surface area contributed by atoms with Gasteiger partial charge >= 0.3 is 18.2 Å². The first kappa shape index (κ1) is 12.6. The third-order valence-corrected chi connectivity index (χ3v) is 2.37. The molecular weight excluding hydrogens is 229 g/mol. The van der Waals surface area contributed by atoms with Crippen LogP contribution in [0.25, 0.3) is 0 Å². The fourth-order valence-electron chi connectivity index (χ4n) is 1.51. The first-order chi connectivity index (χ1) is 7.30. The normalized spacial score (nSPS) is 20.9. The lowest BCUT2D eigenvalue weighted by atomic mass is 10.1. The SMILES string of the molecule is O=C(O)N1CCC(CNC(=O)C(F)(F)F)C1. The number of alkyl halides is 3. The number of carboxylic acid groups (broad SMARTS) is 1. The van der Waals surface area contributed by atoms with Crippen molar-refractivity contribution in [1.29, 1.82) is 0 Å². The van der Waals surface area contributed by atoms with Crippen LogP contribution in [0.1, 0.15) is 6.42 Å². The van der Waals surface area contributed by atoms with Crippen LogP contribution in [0.2, 0.25) is 0 Å². The third kappa shape index (κ3) is 3.28. The first-order valence-electron chi connectivity index (χ1n) is 4.63. The van der Waals surface area contributed by atoms with E-state index in [-0.39, 0.29) is 19.0 Å². The number of nitrogens with one attached hydrogen (secondary N) is 1. The molecule has 1 fully saturated rings. The van der Waals surface area contributed by atoms with Crippen LogP contribution < -0.4 is 5.32 Å². The van der Waals surface area contributed by atoms with Gasteiger partial charge in [-0.25, -0.2) is 4.79 Å². The predicted octanol–water partition coefficient (Wildman–Crippen LogP) is 0.665. The van der Waals surface area contributed by atoms with Crippen LogP contribution in [-0.2, 0) is 4.79 Å². The molecule has 0 spiro atoms. The van der Waals surface area contributed by atoms with E-state index in [0.29, 0.717) is 13.0 Å². The van der Waals surface area contributed by atoms with Gasteiger partial charge in [0, 0.05) is 19.6 Å². The fraction of sp³-hybridized carbons (Fsp3) is 0.750. The summed E-state index contributed by atoms with van der Waals surface area (Å²) in [6.07, 6.45) is -5.51. The van der Waals surface area contributed by atoms with Crippen molar-refractivity contribution in [2.45, 2.75) is 12.6 Å². The van der Waals surface area contributed by atoms with Crippen LogP contribution in [0.5, 0.6) is 0 Å². The van der Waals surface area contributed by atoms with Crippen LogP contribution in [0.15, 0.2) is 0 Å². The molecule has 1 aliphatic heterocycles. The minimum absolute atomic E-state index is 0.151. The monoisotopic (exact) mass is 240 g/mol. The van der Waals surface area contributed by atoms with E-state index in [9.17, 15) is 22.8 Å². The molecular formula is C8H11F3N2O3. The second kappa shape index (κ2) is 4.58. The number of nitrogens with zero attached hydrogens (tertiary/aromatic N) is 1. The van der Waals surface area contributed by atoms with Crippen molar-refractivity contribution in [1.82, 2.24) is 10.2 Å². The highest BCUT2D eigenvalue weighted by atomic mass is 19.4. The second-order valence-corrected chi connectivity index (χ2v) is 3.59. The molecule has 1 heterocycles. The Bertz CT molecular complexity index is 293. The van der Waals surface area contributed by atoms with E-state index in [1.165, 1.54) is 0 Å². The lowest BCUT2D eigenvalue weighted by Crippen LogP contribution is -2.40. The molecule has 2 N–H and O–H groups in total. The molecule has 16 heavy (non-hydrogen) atoms. The summed E-state index contributed by atoms with van der Waals surface area (Å²) in [5.74, 6) is -2.23. The van der Waals surface area contributed by atoms with Gasteiger partial charge in [-0.1, -0.05) is 0 Å². The highest BCUT2D eigenvalue weighted by molar-refractivity contribution is 5.81. The molecule has 5 nitrogen and oxygen atoms in total. The molecule has 0 aromatic heterocycles. The zero-order valence-electron chi connectivity index (χ0n) is 8.25. The number of rotatable bonds is 2. The van der Waals surface area contributed by atoms with Crippen LogP contribution >= 0.6 is 0 Å². The lowest BCUT2D eigenvalue weighted by Gasteiger charge is -2.13. The van der Waals surface area contributed by atoms with Crippen molar-refractivity contribution in [3.63, 3.8) is 0 Å². The van der Waals surface area contributed by atoms with E-state index in [1.54, 1.807) is 5.32 Å². The number of carbonyl (C=O) groups is 2. The zero-order valence-corrected chi connectivity index (χ0v) is 8.25. The molecule has 1 aliphatic rings. The van der Waals surface area contributed by atoms with E-state index < -0.39 is 18.2 Å². The van der Waals surface area contributed by atoms with Gasteiger partial charge in [-0.2, -0.15) is 13.2 Å². The van der Waals surface area contributed by atoms with Gasteiger partial charge in [-0.3, -0.25) is 4.79 Å². The molecule has 0 aliphatic carbocycles. The summed E-state index contributed by atoms with van der Waals surface area (Å²) in [5, 5.41) is 10.3. The third-order valence-electron chi connectivity index (χ3n) is 2.37. The standard InChI is InChI=1S/C8H11F3N2O3/c9-8(10,11)6(14)12-3-5-1-2-13(4-5)7(15)16/h5H,1-4H2,(H,12,14)(H,15,16). The molecule has 0 radical (unpaired) electrons. The van der Waals surface area contributed by atoms with Crippen molar-refractivity contribution >= 4 is 12.0 Å². The van der Waals surface area contributed by atoms with Crippen molar-refractivity contribution in [3.8, 4) is 0 Å². The number of likely N-dealkylation sites (tertiary alicyclic amines) is 1. The van der Waals surface area contributed by atoms with Gasteiger partial charge in [0.25, 0.3) is 0 Å². The molecule has 1 atom stereocenters. The molecule has 2 amide bonds. The van der Waals surface area contributed by atoms with Gasteiger partial charge in [0.15, 0.2) is 0 Å². The van der Waals surface area contributed by atoms with Gasteiger partial charge in [0.2, 0.25) is 0 Å². The van der Waals surface area contributed by atoms with E-state index in [0.717, 1.165) is 4.90 Å². The Morgan fingerprint density at radius 1 is 1.44 bits per heavy atom. The highest BCUT2D eigenvalue weighted by Crippen LogP contribution is 2.17. The minimum Gasteiger partial charge on any atom is -0.465 e. The molecule has 0 aromatic carbocycles. The lowest BCUT2D eigenvalue weighted by molar-refractivity contribution is -0.173. The van der Waals surface area contributed by atoms with Gasteiger partial charge in [-0.05, 0) is 12.3 Å². The average Bonchev–Trinajstić information content (AvgIpc) is 2.60. The summed E-state index contributed by atoms with van der Waals surface area (Å²) in [6, 6.07) is 0. The Morgan fingerprint density at radius 3 is 2.50 bits per heavy atom. The maximum Gasteiger partial charge on any atom is 0.471 e. The van der Waals surface area contributed by atoms with Crippen LogP contribution in [-0.4, -0.2) is 47.8 Å². The van der Waals surface area contributed by atoms with Crippen LogP contribution in [0.3, 0.4) is 0 Å². The van der Waals surface area contributed by atoms with E-state index in [2.05, 4.69) is 0 Å². The molecule has 0 bridgehead atoms. The van der Waals surface area contributed by atoms with Crippen molar-refractivity contribution in [2.24, 2.45) is 5.92 Å². The molecule has 1 saturated heterocycles. The number of hydrogen-bond acceptors (Lipinski definition) is 2. The predicted molar refractivity (Wildman–Crippen MR) is 46.8 cm³/mol. The molecule has 8 heteroatoms. The summed E-state index contributed by atoms with van der Waals surface area (Å²) in [4.78, 5) is 22.1. The van der Waals surface area contributed by atoms with E-state index in [4.69, 9.17) is 5.11 Å². The minimum atomic E-state index is -4.88. The molecule has 0 aromatic rings. The second-order valence-electron chi connectivity index (χ2n) is 3.59. The van der Waals surface area contributed by atoms with Gasteiger partial charge in [0.05, 0.1) is 0 Å². The van der Waals surface area contributed by atoms with Gasteiger partial charge < -0.3 is 15.3 Å². The summed E-state index contributed by atoms with van der Waals surface area (Å²) in [5.41, 5.74) is 0. The van der Waals surface area contributed by atoms with Crippen LogP contribution in [0.4, 0.5) is 18.0 Å². The first-order valence-corrected chi connectivity index (χ1v) is 4.63. The van der Waals surface area contributed by atoms with Crippen molar-refractivity contribution in [2.75, 3.05) is 19.6 Å². The number of halogens is 3. The largest absolute Gasteiger partial charge is 0.471 e. The number of hydrogen-bond donors (Lipinski definition) is 2. The van der Waals surface area contributed by atoms with Gasteiger partial charge in [0.1, 0.15) is 0 Å². The van der Waals surface area contributed by atoms with Gasteiger partial charge in [-0.15, -0.1) is 0 Å². The summed E-state index contributed by atoms with van der Waals surface area (Å²) < 4.78 is 35.4. The molecule has 1 unspecified atom stereocenters. The highest BCUT2D eigenvalue weighted by Gasteiger charge is 2.39. The smallest absolute Gasteiger partial charge is 0.465 e. The Kier molecular flexibility index (Phi) is 3.61. The maximum absolute atomic E-state index is 11.8. The molecule has 0 saturated carbocycles. The Morgan fingerprint density at radius 2 is 2.06 bits per heavy atom. The summed E-state index contributed by atoms with van der Waals surface area (Å²) in [7, 11) is 0. The Labute approximate surface area is 89.2 Å². The molecule has 1 rings (SSSR count).